The van der Waals surface area contributed by atoms with Gasteiger partial charge in [-0.25, -0.2) is 6.29 Å². The summed E-state index contributed by atoms with van der Waals surface area (Å²) in [5.41, 5.74) is 5.02. The molecule has 0 spiro atoms. The molecule has 0 bridgehead atoms. The van der Waals surface area contributed by atoms with E-state index in [-0.39, 0.29) is 101 Å². The van der Waals surface area contributed by atoms with Gasteiger partial charge in [0.15, 0.2) is 5.78 Å². The summed E-state index contributed by atoms with van der Waals surface area (Å²) in [6.45, 7) is 1.50. The number of carbonyl (C=O) groups is 7. The van der Waals surface area contributed by atoms with Crippen molar-refractivity contribution < 1.29 is 158 Å². The Morgan fingerprint density at radius 1 is 0.521 bits per heavy atom. The molecule has 2 fully saturated rings. The number of carboxylic acid groups (broad SMARTS) is 1. The minimum atomic E-state index is -2.57. The molecule has 5 amide bonds. The Bertz CT molecular complexity index is 3270. The van der Waals surface area contributed by atoms with Gasteiger partial charge in [-0.05, 0) is 84.3 Å². The van der Waals surface area contributed by atoms with Crippen LogP contribution in [-0.2, 0) is 38.1 Å². The molecule has 7 rings (SSSR count). The third-order valence-corrected chi connectivity index (χ3v) is 16.3. The molecule has 0 aliphatic carbocycles. The van der Waals surface area contributed by atoms with E-state index in [0.717, 1.165) is 29.2 Å². The Kier molecular flexibility index (Phi) is 34.8. The number of aliphatic hydroxyl groups is 6. The maximum atomic E-state index is 13.0. The van der Waals surface area contributed by atoms with Gasteiger partial charge in [-0.3, -0.25) is 28.8 Å². The Hall–Kier alpha value is -6.18. The first kappa shape index (κ1) is 82.2. The quantitative estimate of drug-likeness (QED) is 0.00814. The van der Waals surface area contributed by atoms with Crippen LogP contribution in [0.3, 0.4) is 0 Å². The van der Waals surface area contributed by atoms with E-state index in [9.17, 15) is 74.1 Å². The Balaban J connectivity index is 0.00000653. The van der Waals surface area contributed by atoms with Crippen LogP contribution in [0.25, 0.3) is 22.3 Å². The number of ketones is 1. The molecule has 0 unspecified atom stereocenters. The summed E-state index contributed by atoms with van der Waals surface area (Å²) in [5, 5.41) is 92.4. The fourth-order valence-corrected chi connectivity index (χ4v) is 11.2. The van der Waals surface area contributed by atoms with Gasteiger partial charge < -0.3 is 96.3 Å². The molecular weight excluding hydrogens is 1260 g/mol. The van der Waals surface area contributed by atoms with E-state index < -0.39 is 128 Å². The maximum Gasteiger partial charge on any atom is 1.00 e. The van der Waals surface area contributed by atoms with Crippen LogP contribution in [0.2, 0.25) is 0 Å². The van der Waals surface area contributed by atoms with Gasteiger partial charge in [0, 0.05) is 81.6 Å². The van der Waals surface area contributed by atoms with Gasteiger partial charge in [0.1, 0.15) is 30.4 Å². The number of nitrogens with one attached hydrogen (secondary N) is 5. The van der Waals surface area contributed by atoms with Gasteiger partial charge >= 0.3 is 59.1 Å². The largest absolute Gasteiger partial charge is 1.00 e. The van der Waals surface area contributed by atoms with Gasteiger partial charge in [0.25, 0.3) is 17.7 Å². The van der Waals surface area contributed by atoms with Crippen molar-refractivity contribution in [3.63, 3.8) is 0 Å². The van der Waals surface area contributed by atoms with Gasteiger partial charge in [0.2, 0.25) is 17.6 Å². The molecule has 0 saturated carbocycles. The van der Waals surface area contributed by atoms with Crippen molar-refractivity contribution in [3.8, 4) is 22.3 Å². The SMILES string of the molecule is CC(=O)N[C@H]1[C@H]([C@H](O)[C@H](O)CNC(=O)c2ccc(-c3ccccc3)cc2)O[C@]([C-]=O)(OCCCCCCNC(=O)c2ccc(C(=O)CCCCCCCO[C@]3(C(=O)[O-])C[C@H](O)[C@@H](NC(C)=O)[C@H]([C@H](O)[C@H](O)CNC(=O)c4ccc(-c5ccccc5)cc4)O3)cc2)C[C@@H]1O.[Na+].[Na+].[OH-]. The fraction of sp³-hybridized carbons (Fsp3) is 0.449. The van der Waals surface area contributed by atoms with Crippen LogP contribution >= 0.6 is 0 Å². The Labute approximate surface area is 601 Å². The number of hydrogen-bond donors (Lipinski definition) is 11. The first-order valence-electron chi connectivity index (χ1n) is 31.3. The van der Waals surface area contributed by atoms with E-state index in [1.807, 2.05) is 60.7 Å². The average molecular weight is 1350 g/mol. The van der Waals surface area contributed by atoms with Crippen LogP contribution < -0.4 is 90.8 Å². The zero-order valence-corrected chi connectivity index (χ0v) is 58.4. The minimum absolute atomic E-state index is 0. The molecule has 12 atom stereocenters. The van der Waals surface area contributed by atoms with Gasteiger partial charge in [-0.1, -0.05) is 129 Å². The van der Waals surface area contributed by atoms with Crippen molar-refractivity contribution >= 4 is 47.6 Å². The number of carbonyl (C=O) groups excluding carboxylic acids is 8. The number of unbranched alkanes of at least 4 members (excludes halogenated alkanes) is 7. The summed E-state index contributed by atoms with van der Waals surface area (Å²) in [5.74, 6) is -9.37. The van der Waals surface area contributed by atoms with E-state index in [1.165, 1.54) is 6.92 Å². The van der Waals surface area contributed by atoms with E-state index in [2.05, 4.69) is 26.6 Å². The summed E-state index contributed by atoms with van der Waals surface area (Å²) >= 11 is 0. The first-order valence-corrected chi connectivity index (χ1v) is 31.3. The van der Waals surface area contributed by atoms with Crippen molar-refractivity contribution in [2.45, 2.75) is 163 Å². The number of aliphatic hydroxyl groups excluding tert-OH is 6. The van der Waals surface area contributed by atoms with E-state index >= 15 is 0 Å². The maximum absolute atomic E-state index is 13.0. The van der Waals surface area contributed by atoms with Gasteiger partial charge in [0.05, 0.1) is 48.9 Å². The van der Waals surface area contributed by atoms with Crippen LogP contribution in [0.4, 0.5) is 0 Å². The molecular formula is C69H84N5Na2O20-. The fourth-order valence-electron chi connectivity index (χ4n) is 11.2. The molecule has 2 heterocycles. The van der Waals surface area contributed by atoms with Crippen molar-refractivity contribution in [2.24, 2.45) is 0 Å². The number of carboxylic acids is 1. The Morgan fingerprint density at radius 2 is 0.906 bits per heavy atom. The summed E-state index contributed by atoms with van der Waals surface area (Å²) in [6, 6.07) is 36.2. The van der Waals surface area contributed by atoms with E-state index in [4.69, 9.17) is 18.9 Å². The molecule has 27 heteroatoms. The molecule has 5 aromatic rings. The molecule has 12 N–H and O–H groups in total. The minimum Gasteiger partial charge on any atom is -0.870 e. The molecule has 2 aliphatic heterocycles. The first-order chi connectivity index (χ1) is 44.6. The normalized spacial score (nSPS) is 21.7. The molecule has 96 heavy (non-hydrogen) atoms. The molecule has 2 aliphatic rings. The van der Waals surface area contributed by atoms with Crippen LogP contribution in [0.15, 0.2) is 133 Å². The molecule has 5 aromatic carbocycles. The van der Waals surface area contributed by atoms with Crippen molar-refractivity contribution in [3.05, 3.63) is 156 Å². The topological polar surface area (TPSA) is 408 Å². The summed E-state index contributed by atoms with van der Waals surface area (Å²) < 4.78 is 23.2. The second-order valence-corrected chi connectivity index (χ2v) is 23.4. The number of ether oxygens (including phenoxy) is 4. The average Bonchev–Trinajstić information content (AvgIpc) is 0.780. The smallest absolute Gasteiger partial charge is 0.870 e. The standard InChI is InChI=1S/C69H84N5O19.2Na.H2O/c1-43(76)73-58-54(79)38-68(42-75,92-62(58)60(83)56(81)40-71-65(86)51-29-23-47(24-30-51)45-18-10-8-11-19-45)90-36-16-7-5-15-35-70-64(85)50-33-27-49(28-34-50)53(78)22-14-4-3-6-17-37-91-69(67(88)89)39-55(80)59(74-44(2)77)63(93-69)61(84)57(82)41-72-66(87)52-31-25-48(26-32-52)46-20-12-9-13-21-46;;;/h8-13,18-21,23-34,54-63,79-84H,3-7,14-17,22,35-41H2,1-2H3,(H,70,85)(H,71,86)(H,72,87)(H,73,76)(H,74,77)(H,88,89);;;1H2/q-1;2*+1;/p-2/t54-,55-,56+,57+,58+,59+,60+,61+,62+,63+,68+,69+;;;/m0.../s1. The Morgan fingerprint density at radius 3 is 1.36 bits per heavy atom. The summed E-state index contributed by atoms with van der Waals surface area (Å²) in [4.78, 5) is 101. The van der Waals surface area contributed by atoms with Crippen LogP contribution in [-0.4, -0.2) is 189 Å². The van der Waals surface area contributed by atoms with Crippen LogP contribution in [0.1, 0.15) is 132 Å². The zero-order chi connectivity index (χ0) is 67.1. The van der Waals surface area contributed by atoms with Crippen molar-refractivity contribution in [1.82, 2.24) is 26.6 Å². The molecule has 0 aromatic heterocycles. The second-order valence-electron chi connectivity index (χ2n) is 23.4. The molecule has 508 valence electrons. The number of rotatable bonds is 35. The second kappa shape index (κ2) is 40.6. The van der Waals surface area contributed by atoms with Crippen molar-refractivity contribution in [1.29, 1.82) is 0 Å². The number of benzene rings is 5. The van der Waals surface area contributed by atoms with Crippen molar-refractivity contribution in [2.75, 3.05) is 32.8 Å². The molecule has 2 saturated heterocycles. The van der Waals surface area contributed by atoms with Gasteiger partial charge in [-0.15, -0.1) is 0 Å². The predicted octanol–water partition coefficient (Wildman–Crippen LogP) is -3.44. The monoisotopic (exact) mass is 1350 g/mol. The third kappa shape index (κ3) is 23.8. The summed E-state index contributed by atoms with van der Waals surface area (Å²) in [7, 11) is 0. The number of hydrogen-bond acceptors (Lipinski definition) is 20. The molecule has 25 nitrogen and oxygen atoms in total. The summed E-state index contributed by atoms with van der Waals surface area (Å²) in [6.07, 6.45) is -7.81. The number of amides is 5. The number of aliphatic carboxylic acids is 1. The van der Waals surface area contributed by atoms with Crippen LogP contribution in [0, 0.1) is 0 Å². The predicted molar refractivity (Wildman–Crippen MR) is 338 cm³/mol. The third-order valence-electron chi connectivity index (χ3n) is 16.3. The number of Topliss-reactive ketones (excluding diaryl/α,β-unsaturated/α-hetero) is 1. The van der Waals surface area contributed by atoms with Gasteiger partial charge in [-0.2, -0.15) is 0 Å². The van der Waals surface area contributed by atoms with E-state index in [1.54, 1.807) is 79.1 Å². The van der Waals surface area contributed by atoms with E-state index in [0.29, 0.717) is 81.0 Å². The van der Waals surface area contributed by atoms with Crippen LogP contribution in [0.5, 0.6) is 0 Å². The zero-order valence-electron chi connectivity index (χ0n) is 54.4. The molecule has 0 radical (unpaired) electrons.